The molecule has 3 unspecified atom stereocenters. The molecule has 0 aliphatic heterocycles. The lowest BCUT2D eigenvalue weighted by molar-refractivity contribution is -0.112. The van der Waals surface area contributed by atoms with E-state index in [9.17, 15) is 0 Å². The molecule has 0 amide bonds. The van der Waals surface area contributed by atoms with Gasteiger partial charge in [0.15, 0.2) is 6.29 Å². The van der Waals surface area contributed by atoms with E-state index in [-0.39, 0.29) is 12.3 Å². The lowest BCUT2D eigenvalue weighted by Crippen LogP contribution is -2.34. The summed E-state index contributed by atoms with van der Waals surface area (Å²) in [5.74, 6) is -0.207. The van der Waals surface area contributed by atoms with Gasteiger partial charge in [0.05, 0.1) is 6.07 Å². The van der Waals surface area contributed by atoms with E-state index in [2.05, 4.69) is 0 Å². The molecule has 0 bridgehead atoms. The third kappa shape index (κ3) is 1.81. The number of aliphatic hydroxyl groups is 3. The molecule has 1 aliphatic carbocycles. The van der Waals surface area contributed by atoms with Gasteiger partial charge < -0.3 is 21.1 Å². The summed E-state index contributed by atoms with van der Waals surface area (Å²) >= 11 is 0. The lowest BCUT2D eigenvalue weighted by Gasteiger charge is -2.23. The van der Waals surface area contributed by atoms with Crippen LogP contribution < -0.4 is 5.73 Å². The largest absolute Gasteiger partial charge is 0.379 e. The Hall–Kier alpha value is -0.670. The average molecular weight is 186 g/mol. The molecule has 0 heterocycles. The smallest absolute Gasteiger partial charge is 0.170 e. The van der Waals surface area contributed by atoms with Gasteiger partial charge in [-0.1, -0.05) is 0 Å². The Morgan fingerprint density at radius 3 is 2.31 bits per heavy atom. The molecule has 5 nitrogen and oxygen atoms in total. The molecule has 0 radical (unpaired) electrons. The molecule has 0 aromatic rings. The van der Waals surface area contributed by atoms with Crippen molar-refractivity contribution in [1.82, 2.24) is 0 Å². The Morgan fingerprint density at radius 2 is 2.08 bits per heavy atom. The maximum absolute atomic E-state index is 9.07. The van der Waals surface area contributed by atoms with Crippen molar-refractivity contribution in [2.24, 2.45) is 17.1 Å². The molecular weight excluding hydrogens is 172 g/mol. The number of hydrogen-bond acceptors (Lipinski definition) is 5. The first kappa shape index (κ1) is 10.4. The van der Waals surface area contributed by atoms with Gasteiger partial charge in [0.1, 0.15) is 11.6 Å². The molecular formula is C8H14N2O3. The minimum atomic E-state index is -1.65. The first-order valence-corrected chi connectivity index (χ1v) is 4.23. The van der Waals surface area contributed by atoms with Crippen LogP contribution in [0.2, 0.25) is 0 Å². The number of hydrogen-bond donors (Lipinski definition) is 4. The fourth-order valence-corrected chi connectivity index (χ4v) is 1.80. The van der Waals surface area contributed by atoms with Gasteiger partial charge >= 0.3 is 0 Å². The van der Waals surface area contributed by atoms with Crippen molar-refractivity contribution >= 4 is 0 Å². The van der Waals surface area contributed by atoms with Crippen LogP contribution in [0.15, 0.2) is 0 Å². The van der Waals surface area contributed by atoms with Crippen LogP contribution in [0, 0.1) is 22.7 Å². The third-order valence-corrected chi connectivity index (χ3v) is 2.79. The van der Waals surface area contributed by atoms with Crippen molar-refractivity contribution < 1.29 is 15.3 Å². The monoisotopic (exact) mass is 186 g/mol. The van der Waals surface area contributed by atoms with Crippen LogP contribution in [-0.2, 0) is 0 Å². The van der Waals surface area contributed by atoms with Crippen molar-refractivity contribution in [2.45, 2.75) is 31.8 Å². The highest BCUT2D eigenvalue weighted by molar-refractivity contribution is 5.06. The van der Waals surface area contributed by atoms with E-state index in [4.69, 9.17) is 26.3 Å². The van der Waals surface area contributed by atoms with Crippen LogP contribution in [0.5, 0.6) is 0 Å². The number of nitrogens with zero attached hydrogens (tertiary/aromatic N) is 1. The van der Waals surface area contributed by atoms with E-state index in [0.717, 1.165) is 0 Å². The maximum atomic E-state index is 9.07. The Balaban J connectivity index is 2.70. The molecule has 0 aromatic carbocycles. The summed E-state index contributed by atoms with van der Waals surface area (Å²) in [4.78, 5) is 0. The predicted molar refractivity (Wildman–Crippen MR) is 43.8 cm³/mol. The van der Waals surface area contributed by atoms with Gasteiger partial charge in [-0.25, -0.2) is 0 Å². The Labute approximate surface area is 76.4 Å². The molecule has 1 fully saturated rings. The summed E-state index contributed by atoms with van der Waals surface area (Å²) < 4.78 is 0. The summed E-state index contributed by atoms with van der Waals surface area (Å²) in [6, 6.07) is 1.90. The molecule has 1 saturated carbocycles. The van der Waals surface area contributed by atoms with Crippen LogP contribution in [-0.4, -0.2) is 27.8 Å². The lowest BCUT2D eigenvalue weighted by atomic mass is 9.86. The SMILES string of the molecule is N#CC1(C(O)O)CCC(C(N)O)C1. The van der Waals surface area contributed by atoms with Crippen LogP contribution in [0.4, 0.5) is 0 Å². The first-order chi connectivity index (χ1) is 6.02. The van der Waals surface area contributed by atoms with Gasteiger partial charge in [-0.2, -0.15) is 5.26 Å². The van der Waals surface area contributed by atoms with Crippen LogP contribution in [0.3, 0.4) is 0 Å². The summed E-state index contributed by atoms with van der Waals surface area (Å²) in [5, 5.41) is 35.9. The predicted octanol–water partition coefficient (Wildman–Crippen LogP) is -1.12. The van der Waals surface area contributed by atoms with Crippen molar-refractivity contribution in [3.05, 3.63) is 0 Å². The fourth-order valence-electron chi connectivity index (χ4n) is 1.80. The van der Waals surface area contributed by atoms with Gasteiger partial charge in [-0.3, -0.25) is 0 Å². The second kappa shape index (κ2) is 3.60. The number of aliphatic hydroxyl groups excluding tert-OH is 2. The topological polar surface area (TPSA) is 110 Å². The van der Waals surface area contributed by atoms with Crippen molar-refractivity contribution in [3.63, 3.8) is 0 Å². The summed E-state index contributed by atoms with van der Waals surface area (Å²) in [6.07, 6.45) is -1.45. The molecule has 0 spiro atoms. The molecule has 74 valence electrons. The van der Waals surface area contributed by atoms with Crippen LogP contribution in [0.1, 0.15) is 19.3 Å². The van der Waals surface area contributed by atoms with Crippen molar-refractivity contribution in [1.29, 1.82) is 5.26 Å². The maximum Gasteiger partial charge on any atom is 0.170 e. The number of rotatable bonds is 2. The minimum absolute atomic E-state index is 0.207. The van der Waals surface area contributed by atoms with Crippen molar-refractivity contribution in [3.8, 4) is 6.07 Å². The zero-order valence-corrected chi connectivity index (χ0v) is 7.22. The van der Waals surface area contributed by atoms with Gasteiger partial charge in [0, 0.05) is 0 Å². The zero-order chi connectivity index (χ0) is 10.1. The van der Waals surface area contributed by atoms with Crippen molar-refractivity contribution in [2.75, 3.05) is 0 Å². The fraction of sp³-hybridized carbons (Fsp3) is 0.875. The quantitative estimate of drug-likeness (QED) is 0.408. The summed E-state index contributed by atoms with van der Waals surface area (Å²) in [7, 11) is 0. The molecule has 1 rings (SSSR count). The van der Waals surface area contributed by atoms with E-state index < -0.39 is 17.9 Å². The molecule has 0 saturated heterocycles. The second-order valence-electron chi connectivity index (χ2n) is 3.64. The normalized spacial score (nSPS) is 36.2. The van der Waals surface area contributed by atoms with E-state index >= 15 is 0 Å². The number of nitrogens with two attached hydrogens (primary N) is 1. The van der Waals surface area contributed by atoms with E-state index in [0.29, 0.717) is 12.8 Å². The second-order valence-corrected chi connectivity index (χ2v) is 3.64. The molecule has 5 heteroatoms. The molecule has 3 atom stereocenters. The highest BCUT2D eigenvalue weighted by atomic mass is 16.5. The van der Waals surface area contributed by atoms with Crippen LogP contribution in [0.25, 0.3) is 0 Å². The van der Waals surface area contributed by atoms with Gasteiger partial charge in [-0.05, 0) is 25.2 Å². The Bertz CT molecular complexity index is 224. The van der Waals surface area contributed by atoms with Crippen LogP contribution >= 0.6 is 0 Å². The summed E-state index contributed by atoms with van der Waals surface area (Å²) in [5.41, 5.74) is 4.12. The average Bonchev–Trinajstić information content (AvgIpc) is 2.49. The van der Waals surface area contributed by atoms with E-state index in [1.54, 1.807) is 0 Å². The standard InChI is InChI=1S/C8H14N2O3/c9-4-8(7(12)13)2-1-5(3-8)6(10)11/h5-7,11-13H,1-3,10H2. The van der Waals surface area contributed by atoms with E-state index in [1.807, 2.05) is 6.07 Å². The molecule has 1 aliphatic rings. The molecule has 5 N–H and O–H groups in total. The van der Waals surface area contributed by atoms with Gasteiger partial charge in [0.25, 0.3) is 0 Å². The molecule has 0 aromatic heterocycles. The number of nitriles is 1. The summed E-state index contributed by atoms with van der Waals surface area (Å²) in [6.45, 7) is 0. The minimum Gasteiger partial charge on any atom is -0.379 e. The highest BCUT2D eigenvalue weighted by Crippen LogP contribution is 2.43. The Morgan fingerprint density at radius 1 is 1.46 bits per heavy atom. The third-order valence-electron chi connectivity index (χ3n) is 2.79. The van der Waals surface area contributed by atoms with Gasteiger partial charge in [0.2, 0.25) is 0 Å². The highest BCUT2D eigenvalue weighted by Gasteiger charge is 2.46. The van der Waals surface area contributed by atoms with E-state index in [1.165, 1.54) is 0 Å². The first-order valence-electron chi connectivity index (χ1n) is 4.23. The molecule has 13 heavy (non-hydrogen) atoms. The zero-order valence-electron chi connectivity index (χ0n) is 7.22. The van der Waals surface area contributed by atoms with Gasteiger partial charge in [-0.15, -0.1) is 0 Å². The Kier molecular flexibility index (Phi) is 2.88.